The molecule has 0 aromatic carbocycles. The predicted molar refractivity (Wildman–Crippen MR) is 41.0 cm³/mol. The molecule has 0 aromatic rings. The summed E-state index contributed by atoms with van der Waals surface area (Å²) < 4.78 is 0. The van der Waals surface area contributed by atoms with Crippen LogP contribution in [-0.2, 0) is 0 Å². The van der Waals surface area contributed by atoms with Crippen molar-refractivity contribution < 1.29 is 0 Å². The molecule has 0 aromatic heterocycles. The van der Waals surface area contributed by atoms with Crippen molar-refractivity contribution in [3.05, 3.63) is 6.42 Å². The van der Waals surface area contributed by atoms with Crippen LogP contribution in [0.15, 0.2) is 0 Å². The smallest absolute Gasteiger partial charge is 0.0295 e. The van der Waals surface area contributed by atoms with E-state index in [0.717, 1.165) is 11.8 Å². The highest BCUT2D eigenvalue weighted by Crippen LogP contribution is 2.44. The highest BCUT2D eigenvalue weighted by Gasteiger charge is 2.35. The molecule has 0 bridgehead atoms. The second-order valence-electron chi connectivity index (χ2n) is 4.10. The van der Waals surface area contributed by atoms with E-state index in [1.165, 1.54) is 6.42 Å². The molecular weight excluding hydrogens is 108 g/mol. The van der Waals surface area contributed by atoms with Gasteiger partial charge in [-0.15, -0.1) is 0 Å². The molecule has 0 heteroatoms. The lowest BCUT2D eigenvalue weighted by Crippen LogP contribution is -2.14. The van der Waals surface area contributed by atoms with E-state index in [9.17, 15) is 0 Å². The van der Waals surface area contributed by atoms with E-state index in [4.69, 9.17) is 0 Å². The summed E-state index contributed by atoms with van der Waals surface area (Å²) in [5, 5.41) is 0. The summed E-state index contributed by atoms with van der Waals surface area (Å²) in [5.74, 6) is 1.72. The predicted octanol–water partition coefficient (Wildman–Crippen LogP) is 2.89. The van der Waals surface area contributed by atoms with E-state index >= 15 is 0 Å². The first kappa shape index (κ1) is 7.11. The van der Waals surface area contributed by atoms with Crippen LogP contribution in [0.3, 0.4) is 0 Å². The Bertz CT molecular complexity index is 103. The first-order valence-electron chi connectivity index (χ1n) is 3.88. The summed E-state index contributed by atoms with van der Waals surface area (Å²) in [5.41, 5.74) is 0.499. The molecule has 1 fully saturated rings. The van der Waals surface area contributed by atoms with Crippen molar-refractivity contribution in [3.63, 3.8) is 0 Å². The average Bonchev–Trinajstić information content (AvgIpc) is 1.79. The maximum absolute atomic E-state index is 2.48. The third-order valence-corrected chi connectivity index (χ3v) is 2.71. The van der Waals surface area contributed by atoms with Gasteiger partial charge in [0.25, 0.3) is 0 Å². The lowest BCUT2D eigenvalue weighted by atomic mass is 9.83. The molecule has 0 aliphatic heterocycles. The number of hydrogen-bond acceptors (Lipinski definition) is 0. The van der Waals surface area contributed by atoms with Crippen LogP contribution in [0.4, 0.5) is 0 Å². The summed E-state index contributed by atoms with van der Waals surface area (Å²) in [6, 6.07) is 0. The van der Waals surface area contributed by atoms with Gasteiger partial charge < -0.3 is 0 Å². The minimum Gasteiger partial charge on any atom is -0.0622 e. The van der Waals surface area contributed by atoms with Crippen LogP contribution < -0.4 is 0 Å². The van der Waals surface area contributed by atoms with E-state index in [2.05, 4.69) is 34.1 Å². The van der Waals surface area contributed by atoms with Gasteiger partial charge in [-0.25, -0.2) is 0 Å². The zero-order valence-electron chi connectivity index (χ0n) is 6.94. The summed E-state index contributed by atoms with van der Waals surface area (Å²) in [6.45, 7) is 9.33. The van der Waals surface area contributed by atoms with Gasteiger partial charge in [0.2, 0.25) is 0 Å². The van der Waals surface area contributed by atoms with Crippen LogP contribution in [0.5, 0.6) is 0 Å². The van der Waals surface area contributed by atoms with Crippen LogP contribution >= 0.6 is 0 Å². The molecule has 0 heterocycles. The Hall–Kier alpha value is 0. The third-order valence-electron chi connectivity index (χ3n) is 2.71. The zero-order chi connectivity index (χ0) is 7.07. The van der Waals surface area contributed by atoms with Crippen molar-refractivity contribution >= 4 is 0 Å². The summed E-state index contributed by atoms with van der Waals surface area (Å²) in [4.78, 5) is 0. The monoisotopic (exact) mass is 125 g/mol. The molecule has 0 nitrogen and oxygen atoms in total. The van der Waals surface area contributed by atoms with E-state index in [1.807, 2.05) is 0 Å². The largest absolute Gasteiger partial charge is 0.0622 e. The summed E-state index contributed by atoms with van der Waals surface area (Å²) in [6.07, 6.45) is 3.87. The molecule has 1 aliphatic carbocycles. The molecule has 2 atom stereocenters. The third kappa shape index (κ3) is 1.28. The lowest BCUT2D eigenvalue weighted by molar-refractivity contribution is 0.328. The number of hydrogen-bond donors (Lipinski definition) is 0. The molecule has 1 saturated carbocycles. The van der Waals surface area contributed by atoms with Crippen LogP contribution in [0.1, 0.15) is 34.1 Å². The van der Waals surface area contributed by atoms with Crippen LogP contribution in [-0.4, -0.2) is 0 Å². The van der Waals surface area contributed by atoms with Crippen molar-refractivity contribution in [1.82, 2.24) is 0 Å². The van der Waals surface area contributed by atoms with Gasteiger partial charge in [0.1, 0.15) is 0 Å². The molecule has 9 heavy (non-hydrogen) atoms. The summed E-state index contributed by atoms with van der Waals surface area (Å²) in [7, 11) is 0. The molecule has 0 amide bonds. The van der Waals surface area contributed by atoms with E-state index in [0.29, 0.717) is 5.41 Å². The second-order valence-corrected chi connectivity index (χ2v) is 4.10. The van der Waals surface area contributed by atoms with Gasteiger partial charge in [-0.1, -0.05) is 27.7 Å². The fraction of sp³-hybridized carbons (Fsp3) is 0.889. The maximum Gasteiger partial charge on any atom is -0.0295 e. The second kappa shape index (κ2) is 2.00. The van der Waals surface area contributed by atoms with Crippen molar-refractivity contribution in [2.24, 2.45) is 17.3 Å². The minimum atomic E-state index is 0.499. The Morgan fingerprint density at radius 1 is 1.33 bits per heavy atom. The topological polar surface area (TPSA) is 0 Å². The molecule has 0 spiro atoms. The Morgan fingerprint density at radius 2 is 1.89 bits per heavy atom. The van der Waals surface area contributed by atoms with Crippen LogP contribution in [0.25, 0.3) is 0 Å². The van der Waals surface area contributed by atoms with Gasteiger partial charge in [0.05, 0.1) is 0 Å². The molecular formula is C9H17. The Kier molecular flexibility index (Phi) is 1.58. The van der Waals surface area contributed by atoms with Gasteiger partial charge in [-0.2, -0.15) is 0 Å². The summed E-state index contributed by atoms with van der Waals surface area (Å²) >= 11 is 0. The van der Waals surface area contributed by atoms with E-state index in [-0.39, 0.29) is 0 Å². The number of rotatable bonds is 0. The quantitative estimate of drug-likeness (QED) is 0.467. The van der Waals surface area contributed by atoms with Gasteiger partial charge in [0, 0.05) is 0 Å². The van der Waals surface area contributed by atoms with Crippen molar-refractivity contribution in [2.75, 3.05) is 0 Å². The SMILES string of the molecule is CC1[CH]C(C)(C)C(C)C1. The normalized spacial score (nSPS) is 41.3. The van der Waals surface area contributed by atoms with E-state index < -0.39 is 0 Å². The first-order valence-corrected chi connectivity index (χ1v) is 3.88. The molecule has 1 rings (SSSR count). The zero-order valence-corrected chi connectivity index (χ0v) is 6.94. The van der Waals surface area contributed by atoms with Gasteiger partial charge in [-0.05, 0) is 30.1 Å². The lowest BCUT2D eigenvalue weighted by Gasteiger charge is -2.22. The van der Waals surface area contributed by atoms with Crippen LogP contribution in [0, 0.1) is 23.7 Å². The fourth-order valence-corrected chi connectivity index (χ4v) is 1.83. The molecule has 0 N–H and O–H groups in total. The van der Waals surface area contributed by atoms with Gasteiger partial charge in [-0.3, -0.25) is 0 Å². The molecule has 1 aliphatic rings. The first-order chi connectivity index (χ1) is 4.02. The Balaban J connectivity index is 2.58. The molecule has 1 radical (unpaired) electrons. The highest BCUT2D eigenvalue weighted by molar-refractivity contribution is 4.99. The molecule has 0 saturated heterocycles. The molecule has 53 valence electrons. The van der Waals surface area contributed by atoms with E-state index in [1.54, 1.807) is 0 Å². The fourth-order valence-electron chi connectivity index (χ4n) is 1.83. The maximum atomic E-state index is 2.48. The Morgan fingerprint density at radius 3 is 2.00 bits per heavy atom. The standard InChI is InChI=1S/C9H17/c1-7-5-8(2)9(3,4)6-7/h6-8H,5H2,1-4H3. The highest BCUT2D eigenvalue weighted by atomic mass is 14.4. The van der Waals surface area contributed by atoms with Gasteiger partial charge >= 0.3 is 0 Å². The average molecular weight is 125 g/mol. The van der Waals surface area contributed by atoms with Crippen molar-refractivity contribution in [1.29, 1.82) is 0 Å². The molecule has 2 unspecified atom stereocenters. The van der Waals surface area contributed by atoms with Crippen LogP contribution in [0.2, 0.25) is 0 Å². The van der Waals surface area contributed by atoms with Crippen molar-refractivity contribution in [2.45, 2.75) is 34.1 Å². The Labute approximate surface area is 58.7 Å². The van der Waals surface area contributed by atoms with Crippen molar-refractivity contribution in [3.8, 4) is 0 Å². The van der Waals surface area contributed by atoms with Gasteiger partial charge in [0.15, 0.2) is 0 Å². The minimum absolute atomic E-state index is 0.499.